The molecule has 2 heterocycles. The van der Waals surface area contributed by atoms with Gasteiger partial charge < -0.3 is 38.9 Å². The van der Waals surface area contributed by atoms with Gasteiger partial charge in [0.25, 0.3) is 5.91 Å². The molecule has 0 radical (unpaired) electrons. The van der Waals surface area contributed by atoms with Gasteiger partial charge in [-0.15, -0.1) is 0 Å². The van der Waals surface area contributed by atoms with Gasteiger partial charge in [0.15, 0.2) is 5.76 Å². The summed E-state index contributed by atoms with van der Waals surface area (Å²) in [6.07, 6.45) is 3.40. The van der Waals surface area contributed by atoms with Gasteiger partial charge in [0, 0.05) is 36.0 Å². The number of para-hydroxylation sites is 3. The lowest BCUT2D eigenvalue weighted by Crippen LogP contribution is -2.38. The Hall–Kier alpha value is -3.37. The monoisotopic (exact) mass is 511 g/mol. The summed E-state index contributed by atoms with van der Waals surface area (Å²) in [5.41, 5.74) is 1.96. The topological polar surface area (TPSA) is 120 Å². The Kier molecular flexibility index (Phi) is 9.56. The van der Waals surface area contributed by atoms with Crippen molar-refractivity contribution in [3.63, 3.8) is 0 Å². The van der Waals surface area contributed by atoms with Gasteiger partial charge in [0.2, 0.25) is 6.29 Å². The molecule has 198 valence electrons. The zero-order valence-corrected chi connectivity index (χ0v) is 20.8. The van der Waals surface area contributed by atoms with Crippen molar-refractivity contribution in [1.82, 2.24) is 0 Å². The third-order valence-electron chi connectivity index (χ3n) is 6.17. The number of amides is 1. The number of benzene rings is 2. The van der Waals surface area contributed by atoms with E-state index < -0.39 is 12.2 Å². The predicted octanol–water partition coefficient (Wildman–Crippen LogP) is 4.17. The summed E-state index contributed by atoms with van der Waals surface area (Å²) in [6, 6.07) is 14.3. The van der Waals surface area contributed by atoms with E-state index in [-0.39, 0.29) is 42.2 Å². The molecule has 37 heavy (non-hydrogen) atoms. The molecular formula is C28H33NO8. The van der Waals surface area contributed by atoms with Crippen LogP contribution in [0.15, 0.2) is 71.0 Å². The highest BCUT2D eigenvalue weighted by Crippen LogP contribution is 2.42. The van der Waals surface area contributed by atoms with Crippen molar-refractivity contribution in [2.75, 3.05) is 45.0 Å². The molecule has 0 saturated carbocycles. The molecule has 1 aliphatic rings. The van der Waals surface area contributed by atoms with E-state index in [2.05, 4.69) is 5.32 Å². The molecule has 0 bridgehead atoms. The average Bonchev–Trinajstić information content (AvgIpc) is 3.34. The molecule has 4 rings (SSSR count). The standard InChI is InChI=1S/C28H33NO8/c1-2-35-28-20(11-13-33-15-16-34-14-12-30)21(22-18-36-25-10-6-3-7-19(22)25)17-26(37-28)27(32)29-23-8-4-5-9-24(23)31/h3-10,17-18,20-21,28,30-31H,2,11-16H2,1H3,(H,29,32)/t20-,21+,28-/m0/s1. The van der Waals surface area contributed by atoms with E-state index in [9.17, 15) is 9.90 Å². The van der Waals surface area contributed by atoms with Gasteiger partial charge in [-0.1, -0.05) is 30.3 Å². The highest BCUT2D eigenvalue weighted by atomic mass is 16.7. The number of hydrogen-bond acceptors (Lipinski definition) is 8. The van der Waals surface area contributed by atoms with Crippen molar-refractivity contribution in [1.29, 1.82) is 0 Å². The Labute approximate surface area is 215 Å². The lowest BCUT2D eigenvalue weighted by atomic mass is 9.81. The van der Waals surface area contributed by atoms with Crippen molar-refractivity contribution in [2.45, 2.75) is 25.6 Å². The molecular weight excluding hydrogens is 478 g/mol. The van der Waals surface area contributed by atoms with Crippen LogP contribution < -0.4 is 5.32 Å². The highest BCUT2D eigenvalue weighted by molar-refractivity contribution is 6.03. The van der Waals surface area contributed by atoms with Crippen LogP contribution in [-0.4, -0.2) is 62.1 Å². The number of fused-ring (bicyclic) bond motifs is 1. The molecule has 1 aromatic heterocycles. The third kappa shape index (κ3) is 6.69. The number of phenolic OH excluding ortho intramolecular Hbond substituents is 1. The van der Waals surface area contributed by atoms with Gasteiger partial charge >= 0.3 is 0 Å². The molecule has 1 amide bonds. The van der Waals surface area contributed by atoms with E-state index in [1.165, 1.54) is 6.07 Å². The van der Waals surface area contributed by atoms with Crippen LogP contribution in [0.4, 0.5) is 5.69 Å². The number of aliphatic hydroxyl groups excluding tert-OH is 1. The second-order valence-electron chi connectivity index (χ2n) is 8.56. The number of allylic oxidation sites excluding steroid dienone is 1. The van der Waals surface area contributed by atoms with E-state index in [0.717, 1.165) is 16.5 Å². The fourth-order valence-corrected chi connectivity index (χ4v) is 4.42. The minimum atomic E-state index is -0.701. The summed E-state index contributed by atoms with van der Waals surface area (Å²) in [7, 11) is 0. The fraction of sp³-hybridized carbons (Fsp3) is 0.393. The van der Waals surface area contributed by atoms with Crippen molar-refractivity contribution in [3.8, 4) is 5.75 Å². The summed E-state index contributed by atoms with van der Waals surface area (Å²) in [6.45, 7) is 3.74. The Balaban J connectivity index is 1.59. The minimum absolute atomic E-state index is 0.0259. The summed E-state index contributed by atoms with van der Waals surface area (Å²) >= 11 is 0. The van der Waals surface area contributed by atoms with Gasteiger partial charge in [0.05, 0.1) is 38.4 Å². The molecule has 1 aliphatic heterocycles. The predicted molar refractivity (Wildman–Crippen MR) is 137 cm³/mol. The quantitative estimate of drug-likeness (QED) is 0.231. The number of nitrogens with one attached hydrogen (secondary N) is 1. The molecule has 0 aliphatic carbocycles. The first-order valence-electron chi connectivity index (χ1n) is 12.4. The van der Waals surface area contributed by atoms with Gasteiger partial charge in [-0.25, -0.2) is 0 Å². The molecule has 9 nitrogen and oxygen atoms in total. The van der Waals surface area contributed by atoms with Crippen molar-refractivity contribution in [3.05, 3.63) is 72.2 Å². The maximum Gasteiger partial charge on any atom is 0.290 e. The second kappa shape index (κ2) is 13.3. The number of hydrogen-bond donors (Lipinski definition) is 3. The van der Waals surface area contributed by atoms with Gasteiger partial charge in [-0.2, -0.15) is 0 Å². The van der Waals surface area contributed by atoms with Crippen LogP contribution in [-0.2, 0) is 23.7 Å². The number of aliphatic hydroxyl groups is 1. The van der Waals surface area contributed by atoms with E-state index in [0.29, 0.717) is 32.8 Å². The van der Waals surface area contributed by atoms with Gasteiger partial charge in [0.1, 0.15) is 11.3 Å². The summed E-state index contributed by atoms with van der Waals surface area (Å²) in [5.74, 6) is -0.843. The first-order chi connectivity index (χ1) is 18.1. The Morgan fingerprint density at radius 3 is 2.57 bits per heavy atom. The van der Waals surface area contributed by atoms with E-state index in [4.69, 9.17) is 28.5 Å². The molecule has 9 heteroatoms. The fourth-order valence-electron chi connectivity index (χ4n) is 4.42. The first-order valence-corrected chi connectivity index (χ1v) is 12.4. The van der Waals surface area contributed by atoms with E-state index >= 15 is 0 Å². The molecule has 0 fully saturated rings. The van der Waals surface area contributed by atoms with Crippen LogP contribution in [0.5, 0.6) is 5.75 Å². The van der Waals surface area contributed by atoms with Crippen LogP contribution >= 0.6 is 0 Å². The highest BCUT2D eigenvalue weighted by Gasteiger charge is 2.39. The number of phenols is 1. The maximum atomic E-state index is 13.2. The van der Waals surface area contributed by atoms with Crippen LogP contribution in [0.25, 0.3) is 11.0 Å². The van der Waals surface area contributed by atoms with Crippen LogP contribution in [0.3, 0.4) is 0 Å². The normalized spacial score (nSPS) is 19.4. The second-order valence-corrected chi connectivity index (χ2v) is 8.56. The number of ether oxygens (including phenoxy) is 4. The number of carbonyl (C=O) groups is 1. The first kappa shape index (κ1) is 26.7. The third-order valence-corrected chi connectivity index (χ3v) is 6.17. The van der Waals surface area contributed by atoms with Crippen molar-refractivity contribution >= 4 is 22.6 Å². The minimum Gasteiger partial charge on any atom is -0.506 e. The van der Waals surface area contributed by atoms with Crippen LogP contribution in [0, 0.1) is 5.92 Å². The number of furan rings is 1. The van der Waals surface area contributed by atoms with E-state index in [1.807, 2.05) is 31.2 Å². The lowest BCUT2D eigenvalue weighted by molar-refractivity contribution is -0.166. The molecule has 0 spiro atoms. The SMILES string of the molecule is CCO[C@H]1OC(C(=O)Nc2ccccc2O)=C[C@@H](c2coc3ccccc23)[C@@H]1CCOCCOCCO. The summed E-state index contributed by atoms with van der Waals surface area (Å²) < 4.78 is 28.9. The zero-order chi connectivity index (χ0) is 26.0. The molecule has 3 atom stereocenters. The number of aromatic hydroxyl groups is 1. The van der Waals surface area contributed by atoms with Crippen molar-refractivity contribution in [2.24, 2.45) is 5.92 Å². The number of anilines is 1. The molecule has 0 saturated heterocycles. The maximum absolute atomic E-state index is 13.2. The molecule has 0 unspecified atom stereocenters. The average molecular weight is 512 g/mol. The number of carbonyl (C=O) groups excluding carboxylic acids is 1. The Morgan fingerprint density at radius 1 is 1.03 bits per heavy atom. The lowest BCUT2D eigenvalue weighted by Gasteiger charge is -2.36. The zero-order valence-electron chi connectivity index (χ0n) is 20.8. The summed E-state index contributed by atoms with van der Waals surface area (Å²) in [5, 5.41) is 22.6. The van der Waals surface area contributed by atoms with E-state index in [1.54, 1.807) is 30.5 Å². The van der Waals surface area contributed by atoms with Gasteiger partial charge in [-0.3, -0.25) is 4.79 Å². The smallest absolute Gasteiger partial charge is 0.290 e. The van der Waals surface area contributed by atoms with Crippen LogP contribution in [0.1, 0.15) is 24.8 Å². The Bertz CT molecular complexity index is 1190. The largest absolute Gasteiger partial charge is 0.506 e. The van der Waals surface area contributed by atoms with Crippen molar-refractivity contribution < 1.29 is 38.4 Å². The molecule has 3 aromatic rings. The molecule has 2 aromatic carbocycles. The summed E-state index contributed by atoms with van der Waals surface area (Å²) in [4.78, 5) is 13.2. The Morgan fingerprint density at radius 2 is 1.78 bits per heavy atom. The number of rotatable bonds is 13. The molecule has 3 N–H and O–H groups in total. The van der Waals surface area contributed by atoms with Crippen LogP contribution in [0.2, 0.25) is 0 Å². The van der Waals surface area contributed by atoms with Gasteiger partial charge in [-0.05, 0) is 37.6 Å².